The lowest BCUT2D eigenvalue weighted by atomic mass is 10.2. The number of ether oxygens (including phenoxy) is 1. The molecule has 0 radical (unpaired) electrons. The van der Waals surface area contributed by atoms with Gasteiger partial charge in [0.1, 0.15) is 5.75 Å². The van der Waals surface area contributed by atoms with E-state index in [1.165, 1.54) is 0 Å². The maximum Gasteiger partial charge on any atom is 0.237 e. The number of hydrogen-bond donors (Lipinski definition) is 1. The molecule has 20 heavy (non-hydrogen) atoms. The van der Waals surface area contributed by atoms with E-state index in [9.17, 15) is 4.79 Å². The van der Waals surface area contributed by atoms with Gasteiger partial charge in [-0.15, -0.1) is 13.2 Å². The van der Waals surface area contributed by atoms with Crippen LogP contribution < -0.4 is 10.1 Å². The second-order valence-electron chi connectivity index (χ2n) is 4.33. The molecular formula is C16H22N2O2. The lowest BCUT2D eigenvalue weighted by molar-refractivity contribution is -0.129. The van der Waals surface area contributed by atoms with Crippen LogP contribution in [-0.4, -0.2) is 37.6 Å². The molecule has 0 aliphatic heterocycles. The van der Waals surface area contributed by atoms with E-state index in [-0.39, 0.29) is 5.91 Å². The second-order valence-corrected chi connectivity index (χ2v) is 4.33. The van der Waals surface area contributed by atoms with Gasteiger partial charge in [0.15, 0.2) is 0 Å². The summed E-state index contributed by atoms with van der Waals surface area (Å²) >= 11 is 0. The van der Waals surface area contributed by atoms with Crippen LogP contribution in [-0.2, 0) is 11.3 Å². The molecule has 0 unspecified atom stereocenters. The van der Waals surface area contributed by atoms with Gasteiger partial charge >= 0.3 is 0 Å². The third-order valence-corrected chi connectivity index (χ3v) is 2.82. The molecule has 1 aromatic carbocycles. The summed E-state index contributed by atoms with van der Waals surface area (Å²) in [5.41, 5.74) is 1.11. The number of hydrogen-bond acceptors (Lipinski definition) is 3. The van der Waals surface area contributed by atoms with Crippen molar-refractivity contribution in [3.05, 3.63) is 55.1 Å². The Balaban J connectivity index is 2.39. The average molecular weight is 274 g/mol. The zero-order valence-electron chi connectivity index (χ0n) is 12.0. The van der Waals surface area contributed by atoms with Crippen LogP contribution in [0.1, 0.15) is 5.56 Å². The Bertz CT molecular complexity index is 430. The van der Waals surface area contributed by atoms with Crippen LogP contribution in [0.5, 0.6) is 5.75 Å². The molecule has 4 nitrogen and oxygen atoms in total. The quantitative estimate of drug-likeness (QED) is 0.700. The Morgan fingerprint density at radius 2 is 1.85 bits per heavy atom. The summed E-state index contributed by atoms with van der Waals surface area (Å²) in [7, 11) is 1.64. The molecule has 1 amide bonds. The molecule has 1 rings (SSSR count). The number of rotatable bonds is 9. The molecule has 0 atom stereocenters. The average Bonchev–Trinajstić information content (AvgIpc) is 2.47. The Labute approximate surface area is 120 Å². The van der Waals surface area contributed by atoms with Crippen molar-refractivity contribution in [2.75, 3.05) is 26.7 Å². The number of carbonyl (C=O) groups is 1. The third kappa shape index (κ3) is 5.28. The van der Waals surface area contributed by atoms with Gasteiger partial charge in [0, 0.05) is 19.6 Å². The molecule has 0 saturated heterocycles. The van der Waals surface area contributed by atoms with Crippen LogP contribution in [0.15, 0.2) is 49.6 Å². The van der Waals surface area contributed by atoms with Crippen molar-refractivity contribution < 1.29 is 9.53 Å². The molecule has 1 N–H and O–H groups in total. The van der Waals surface area contributed by atoms with Crippen molar-refractivity contribution in [2.24, 2.45) is 0 Å². The minimum Gasteiger partial charge on any atom is -0.497 e. The number of nitrogens with zero attached hydrogens (tertiary/aromatic N) is 1. The predicted molar refractivity (Wildman–Crippen MR) is 81.7 cm³/mol. The Morgan fingerprint density at radius 1 is 1.25 bits per heavy atom. The van der Waals surface area contributed by atoms with Crippen molar-refractivity contribution in [3.8, 4) is 5.75 Å². The number of carbonyl (C=O) groups excluding carboxylic acids is 1. The first-order valence-corrected chi connectivity index (χ1v) is 6.54. The van der Waals surface area contributed by atoms with E-state index in [0.717, 1.165) is 11.3 Å². The fourth-order valence-electron chi connectivity index (χ4n) is 1.76. The fraction of sp³-hybridized carbons (Fsp3) is 0.312. The van der Waals surface area contributed by atoms with Gasteiger partial charge in [-0.1, -0.05) is 24.3 Å². The molecule has 0 fully saturated rings. The van der Waals surface area contributed by atoms with Gasteiger partial charge in [-0.25, -0.2) is 0 Å². The topological polar surface area (TPSA) is 41.6 Å². The van der Waals surface area contributed by atoms with E-state index < -0.39 is 0 Å². The minimum absolute atomic E-state index is 0.0401. The minimum atomic E-state index is 0.0401. The summed E-state index contributed by atoms with van der Waals surface area (Å²) in [6.45, 7) is 9.32. The summed E-state index contributed by atoms with van der Waals surface area (Å²) < 4.78 is 5.10. The highest BCUT2D eigenvalue weighted by Gasteiger charge is 2.09. The van der Waals surface area contributed by atoms with Crippen molar-refractivity contribution in [1.29, 1.82) is 0 Å². The van der Waals surface area contributed by atoms with Crippen LogP contribution in [0.4, 0.5) is 0 Å². The number of amides is 1. The fourth-order valence-corrected chi connectivity index (χ4v) is 1.76. The lowest BCUT2D eigenvalue weighted by Gasteiger charge is -2.19. The van der Waals surface area contributed by atoms with Gasteiger partial charge in [-0.3, -0.25) is 4.79 Å². The van der Waals surface area contributed by atoms with Crippen LogP contribution in [0, 0.1) is 0 Å². The zero-order valence-corrected chi connectivity index (χ0v) is 12.0. The van der Waals surface area contributed by atoms with Crippen molar-refractivity contribution in [1.82, 2.24) is 10.2 Å². The van der Waals surface area contributed by atoms with Gasteiger partial charge < -0.3 is 15.0 Å². The van der Waals surface area contributed by atoms with E-state index >= 15 is 0 Å². The largest absolute Gasteiger partial charge is 0.497 e. The van der Waals surface area contributed by atoms with Gasteiger partial charge in [0.05, 0.1) is 13.7 Å². The summed E-state index contributed by atoms with van der Waals surface area (Å²) in [5.74, 6) is 0.867. The molecule has 0 aliphatic rings. The highest BCUT2D eigenvalue weighted by atomic mass is 16.5. The lowest BCUT2D eigenvalue weighted by Crippen LogP contribution is -2.38. The van der Waals surface area contributed by atoms with E-state index in [0.29, 0.717) is 26.2 Å². The second kappa shape index (κ2) is 8.93. The van der Waals surface area contributed by atoms with Crippen molar-refractivity contribution in [2.45, 2.75) is 6.54 Å². The van der Waals surface area contributed by atoms with Crippen LogP contribution in [0.3, 0.4) is 0 Å². The highest BCUT2D eigenvalue weighted by molar-refractivity contribution is 5.78. The van der Waals surface area contributed by atoms with Gasteiger partial charge in [0.25, 0.3) is 0 Å². The number of nitrogens with one attached hydrogen (secondary N) is 1. The maximum atomic E-state index is 12.0. The maximum absolute atomic E-state index is 12.0. The normalized spacial score (nSPS) is 9.85. The van der Waals surface area contributed by atoms with Crippen molar-refractivity contribution >= 4 is 5.91 Å². The van der Waals surface area contributed by atoms with Gasteiger partial charge in [0.2, 0.25) is 5.91 Å². The molecule has 0 aliphatic carbocycles. The molecule has 1 aromatic rings. The van der Waals surface area contributed by atoms with Crippen molar-refractivity contribution in [3.63, 3.8) is 0 Å². The standard InChI is InChI=1S/C16H22N2O2/c1-4-10-18(11-5-2)16(19)13-17-12-14-6-8-15(20-3)9-7-14/h4-9,17H,1-2,10-13H2,3H3. The van der Waals surface area contributed by atoms with Gasteiger partial charge in [-0.05, 0) is 17.7 Å². The molecule has 4 heteroatoms. The first-order valence-electron chi connectivity index (χ1n) is 6.54. The molecule has 0 bridgehead atoms. The SMILES string of the molecule is C=CCN(CC=C)C(=O)CNCc1ccc(OC)cc1. The van der Waals surface area contributed by atoms with Crippen LogP contribution in [0.2, 0.25) is 0 Å². The van der Waals surface area contributed by atoms with E-state index in [2.05, 4.69) is 18.5 Å². The van der Waals surface area contributed by atoms with E-state index in [1.807, 2.05) is 24.3 Å². The summed E-state index contributed by atoms with van der Waals surface area (Å²) in [6.07, 6.45) is 3.43. The Hall–Kier alpha value is -2.07. The molecule has 0 saturated carbocycles. The summed E-state index contributed by atoms with van der Waals surface area (Å²) in [5, 5.41) is 3.14. The molecule has 0 spiro atoms. The Kier molecular flexibility index (Phi) is 7.14. The van der Waals surface area contributed by atoms with E-state index in [1.54, 1.807) is 24.2 Å². The predicted octanol–water partition coefficient (Wildman–Crippen LogP) is 1.99. The highest BCUT2D eigenvalue weighted by Crippen LogP contribution is 2.10. The van der Waals surface area contributed by atoms with Gasteiger partial charge in [-0.2, -0.15) is 0 Å². The van der Waals surface area contributed by atoms with Crippen LogP contribution >= 0.6 is 0 Å². The number of benzene rings is 1. The number of methoxy groups -OCH3 is 1. The van der Waals surface area contributed by atoms with Crippen LogP contribution in [0.25, 0.3) is 0 Å². The first-order chi connectivity index (χ1) is 9.71. The summed E-state index contributed by atoms with van der Waals surface area (Å²) in [6, 6.07) is 7.75. The first kappa shape index (κ1) is 16.0. The Morgan fingerprint density at radius 3 is 2.35 bits per heavy atom. The summed E-state index contributed by atoms with van der Waals surface area (Å²) in [4.78, 5) is 13.7. The zero-order chi connectivity index (χ0) is 14.8. The molecule has 0 heterocycles. The molecular weight excluding hydrogens is 252 g/mol. The monoisotopic (exact) mass is 274 g/mol. The molecule has 108 valence electrons. The smallest absolute Gasteiger partial charge is 0.237 e. The molecule has 0 aromatic heterocycles. The van der Waals surface area contributed by atoms with E-state index in [4.69, 9.17) is 4.74 Å². The third-order valence-electron chi connectivity index (χ3n) is 2.82.